The number of hydrogen-bond donors (Lipinski definition) is 2. The minimum absolute atomic E-state index is 0.0840. The highest BCUT2D eigenvalue weighted by Gasteiger charge is 2.26. The van der Waals surface area contributed by atoms with Crippen molar-refractivity contribution in [2.75, 3.05) is 13.2 Å². The molecule has 4 nitrogen and oxygen atoms in total. The molecule has 0 bridgehead atoms. The summed E-state index contributed by atoms with van der Waals surface area (Å²) in [5, 5.41) is 8.57. The molecular weight excluding hydrogens is 307 g/mol. The fraction of sp³-hybridized carbons (Fsp3) is 0.385. The normalized spacial score (nSPS) is 11.8. The molecule has 1 rings (SSSR count). The lowest BCUT2D eigenvalue weighted by molar-refractivity contribution is -0.135. The van der Waals surface area contributed by atoms with Gasteiger partial charge in [-0.05, 0) is 24.6 Å². The van der Waals surface area contributed by atoms with Crippen LogP contribution in [0.4, 0.5) is 13.2 Å². The summed E-state index contributed by atoms with van der Waals surface area (Å²) in [6.45, 7) is -0.652. The Labute approximate surface area is 121 Å². The lowest BCUT2D eigenvalue weighted by Gasteiger charge is -2.08. The van der Waals surface area contributed by atoms with Crippen molar-refractivity contribution in [2.45, 2.75) is 23.9 Å². The number of hydrogen-bond acceptors (Lipinski definition) is 3. The van der Waals surface area contributed by atoms with Crippen molar-refractivity contribution < 1.29 is 26.7 Å². The predicted molar refractivity (Wildman–Crippen MR) is 70.9 cm³/mol. The number of aliphatic hydroxyl groups is 1. The fourth-order valence-corrected chi connectivity index (χ4v) is 2.58. The van der Waals surface area contributed by atoms with Gasteiger partial charge >= 0.3 is 6.18 Å². The van der Waals surface area contributed by atoms with Crippen molar-refractivity contribution >= 4 is 10.0 Å². The van der Waals surface area contributed by atoms with Gasteiger partial charge in [-0.3, -0.25) is 0 Å². The van der Waals surface area contributed by atoms with Crippen molar-refractivity contribution in [2.24, 2.45) is 0 Å². The largest absolute Gasteiger partial charge is 0.389 e. The average Bonchev–Trinajstić information content (AvgIpc) is 2.41. The number of aliphatic hydroxyl groups excluding tert-OH is 1. The third-order valence-electron chi connectivity index (χ3n) is 2.39. The highest BCUT2D eigenvalue weighted by Crippen LogP contribution is 2.21. The van der Waals surface area contributed by atoms with E-state index in [1.54, 1.807) is 6.07 Å². The summed E-state index contributed by atoms with van der Waals surface area (Å²) >= 11 is 0. The van der Waals surface area contributed by atoms with Crippen molar-refractivity contribution in [3.05, 3.63) is 29.8 Å². The Balaban J connectivity index is 2.70. The molecule has 0 atom stereocenters. The molecule has 116 valence electrons. The van der Waals surface area contributed by atoms with Gasteiger partial charge in [-0.1, -0.05) is 17.9 Å². The van der Waals surface area contributed by atoms with Gasteiger partial charge in [-0.25, -0.2) is 13.1 Å². The molecular formula is C13H14F3NO3S. The Kier molecular flexibility index (Phi) is 6.20. The molecule has 0 unspecified atom stereocenters. The lowest BCUT2D eigenvalue weighted by Crippen LogP contribution is -2.25. The van der Waals surface area contributed by atoms with E-state index >= 15 is 0 Å². The summed E-state index contributed by atoms with van der Waals surface area (Å²) in [5.41, 5.74) is 0.391. The molecule has 0 aliphatic rings. The summed E-state index contributed by atoms with van der Waals surface area (Å²) < 4.78 is 61.8. The Morgan fingerprint density at radius 1 is 1.29 bits per heavy atom. The SMILES string of the molecule is O=S(=O)(NCCCC(F)(F)F)c1cccc(C#CCO)c1. The van der Waals surface area contributed by atoms with Crippen LogP contribution >= 0.6 is 0 Å². The third kappa shape index (κ3) is 6.62. The summed E-state index contributed by atoms with van der Waals surface area (Å²) in [7, 11) is -3.87. The van der Waals surface area contributed by atoms with Crippen LogP contribution in [0.25, 0.3) is 0 Å². The van der Waals surface area contributed by atoms with Crippen LogP contribution in [0.3, 0.4) is 0 Å². The molecule has 0 heterocycles. The zero-order valence-corrected chi connectivity index (χ0v) is 11.8. The molecule has 0 amide bonds. The van der Waals surface area contributed by atoms with Crippen LogP contribution in [0, 0.1) is 11.8 Å². The molecule has 0 saturated carbocycles. The predicted octanol–water partition coefficient (Wildman–Crippen LogP) is 1.65. The Hall–Kier alpha value is -1.56. The van der Waals surface area contributed by atoms with Crippen LogP contribution in [0.1, 0.15) is 18.4 Å². The van der Waals surface area contributed by atoms with Crippen LogP contribution in [-0.2, 0) is 10.0 Å². The molecule has 0 saturated heterocycles. The molecule has 8 heteroatoms. The first kappa shape index (κ1) is 17.5. The molecule has 1 aromatic carbocycles. The first-order valence-corrected chi connectivity index (χ1v) is 7.49. The van der Waals surface area contributed by atoms with Gasteiger partial charge in [0.05, 0.1) is 4.90 Å². The van der Waals surface area contributed by atoms with E-state index in [2.05, 4.69) is 16.6 Å². The number of halogens is 3. The topological polar surface area (TPSA) is 66.4 Å². The van der Waals surface area contributed by atoms with Gasteiger partial charge in [0.25, 0.3) is 0 Å². The second kappa shape index (κ2) is 7.45. The van der Waals surface area contributed by atoms with Crippen molar-refractivity contribution in [3.8, 4) is 11.8 Å². The molecule has 0 radical (unpaired) electrons. The molecule has 0 aliphatic carbocycles. The molecule has 0 aromatic heterocycles. The maximum Gasteiger partial charge on any atom is 0.389 e. The zero-order chi connectivity index (χ0) is 15.9. The van der Waals surface area contributed by atoms with E-state index in [-0.39, 0.29) is 24.5 Å². The molecule has 0 aliphatic heterocycles. The maximum atomic E-state index is 12.0. The first-order valence-electron chi connectivity index (χ1n) is 6.01. The standard InChI is InChI=1S/C13H14F3NO3S/c14-13(15,16)7-3-8-17-21(19,20)12-6-1-4-11(10-12)5-2-9-18/h1,4,6,10,17-18H,3,7-9H2. The van der Waals surface area contributed by atoms with E-state index < -0.39 is 22.6 Å². The smallest absolute Gasteiger partial charge is 0.384 e. The Morgan fingerprint density at radius 3 is 2.62 bits per heavy atom. The molecule has 0 fully saturated rings. The second-order valence-electron chi connectivity index (χ2n) is 4.10. The summed E-state index contributed by atoms with van der Waals surface area (Å²) in [6.07, 6.45) is -5.67. The summed E-state index contributed by atoms with van der Waals surface area (Å²) in [4.78, 5) is -0.0840. The second-order valence-corrected chi connectivity index (χ2v) is 5.87. The van der Waals surface area contributed by atoms with Gasteiger partial charge in [-0.2, -0.15) is 13.2 Å². The van der Waals surface area contributed by atoms with Gasteiger partial charge in [0.1, 0.15) is 6.61 Å². The zero-order valence-electron chi connectivity index (χ0n) is 10.9. The van der Waals surface area contributed by atoms with E-state index in [0.29, 0.717) is 5.56 Å². The molecule has 21 heavy (non-hydrogen) atoms. The van der Waals surface area contributed by atoms with Gasteiger partial charge in [0, 0.05) is 18.5 Å². The van der Waals surface area contributed by atoms with Crippen molar-refractivity contribution in [3.63, 3.8) is 0 Å². The van der Waals surface area contributed by atoms with Crippen LogP contribution in [0.2, 0.25) is 0 Å². The van der Waals surface area contributed by atoms with Crippen LogP contribution in [0.15, 0.2) is 29.2 Å². The number of sulfonamides is 1. The van der Waals surface area contributed by atoms with Gasteiger partial charge in [0.2, 0.25) is 10.0 Å². The quantitative estimate of drug-likeness (QED) is 0.640. The van der Waals surface area contributed by atoms with E-state index in [1.165, 1.54) is 18.2 Å². The lowest BCUT2D eigenvalue weighted by atomic mass is 10.2. The van der Waals surface area contributed by atoms with Crippen molar-refractivity contribution in [1.29, 1.82) is 0 Å². The summed E-state index contributed by atoms with van der Waals surface area (Å²) in [6, 6.07) is 5.63. The average molecular weight is 321 g/mol. The van der Waals surface area contributed by atoms with Crippen LogP contribution < -0.4 is 4.72 Å². The van der Waals surface area contributed by atoms with Gasteiger partial charge in [-0.15, -0.1) is 0 Å². The summed E-state index contributed by atoms with van der Waals surface area (Å²) in [5.74, 6) is 4.93. The number of rotatable bonds is 5. The van der Waals surface area contributed by atoms with Crippen LogP contribution in [-0.4, -0.2) is 32.9 Å². The van der Waals surface area contributed by atoms with E-state index in [4.69, 9.17) is 5.11 Å². The monoisotopic (exact) mass is 321 g/mol. The number of alkyl halides is 3. The number of nitrogens with one attached hydrogen (secondary N) is 1. The van der Waals surface area contributed by atoms with Crippen LogP contribution in [0.5, 0.6) is 0 Å². The Morgan fingerprint density at radius 2 is 2.00 bits per heavy atom. The maximum absolute atomic E-state index is 12.0. The van der Waals surface area contributed by atoms with E-state index in [0.717, 1.165) is 0 Å². The van der Waals surface area contributed by atoms with Crippen molar-refractivity contribution in [1.82, 2.24) is 4.72 Å². The fourth-order valence-electron chi connectivity index (χ4n) is 1.46. The molecule has 2 N–H and O–H groups in total. The minimum Gasteiger partial charge on any atom is -0.384 e. The first-order chi connectivity index (χ1) is 9.74. The number of benzene rings is 1. The van der Waals surface area contributed by atoms with E-state index in [1.807, 2.05) is 0 Å². The molecule has 0 spiro atoms. The van der Waals surface area contributed by atoms with E-state index in [9.17, 15) is 21.6 Å². The minimum atomic E-state index is -4.30. The third-order valence-corrected chi connectivity index (χ3v) is 3.84. The molecule has 1 aromatic rings. The van der Waals surface area contributed by atoms with Gasteiger partial charge < -0.3 is 5.11 Å². The highest BCUT2D eigenvalue weighted by atomic mass is 32.2. The Bertz CT molecular complexity index is 630. The van der Waals surface area contributed by atoms with Gasteiger partial charge in [0.15, 0.2) is 0 Å². The highest BCUT2D eigenvalue weighted by molar-refractivity contribution is 7.89.